The number of halogens is 1. The summed E-state index contributed by atoms with van der Waals surface area (Å²) < 4.78 is 5.72. The van der Waals surface area contributed by atoms with Crippen LogP contribution in [0.4, 0.5) is 0 Å². The second kappa shape index (κ2) is 10.2. The summed E-state index contributed by atoms with van der Waals surface area (Å²) in [7, 11) is 0. The number of aliphatic imine (C=N–C) groups is 1. The van der Waals surface area contributed by atoms with Gasteiger partial charge in [0, 0.05) is 12.7 Å². The summed E-state index contributed by atoms with van der Waals surface area (Å²) in [4.78, 5) is 8.62. The van der Waals surface area contributed by atoms with E-state index in [0.717, 1.165) is 29.5 Å². The Labute approximate surface area is 166 Å². The summed E-state index contributed by atoms with van der Waals surface area (Å²) in [6.07, 6.45) is 5.72. The number of nitrogens with zero attached hydrogens (tertiary/aromatic N) is 2. The lowest BCUT2D eigenvalue weighted by Gasteiger charge is -2.25. The van der Waals surface area contributed by atoms with Crippen LogP contribution in [-0.4, -0.2) is 17.5 Å². The molecule has 3 N–H and O–H groups in total. The van der Waals surface area contributed by atoms with Crippen molar-refractivity contribution in [2.24, 2.45) is 16.6 Å². The number of hydrogen-bond donors (Lipinski definition) is 2. The third-order valence-electron chi connectivity index (χ3n) is 4.26. The lowest BCUT2D eigenvalue weighted by atomic mass is 9.85. The zero-order valence-electron chi connectivity index (χ0n) is 14.2. The topological polar surface area (TPSA) is 72.5 Å². The van der Waals surface area contributed by atoms with E-state index in [1.807, 2.05) is 42.5 Å². The van der Waals surface area contributed by atoms with Crippen molar-refractivity contribution in [3.05, 3.63) is 59.9 Å². The Morgan fingerprint density at radius 1 is 1.20 bits per heavy atom. The van der Waals surface area contributed by atoms with Crippen LogP contribution in [0.5, 0.6) is 5.75 Å². The molecule has 0 spiro atoms. The minimum absolute atomic E-state index is 0. The lowest BCUT2D eigenvalue weighted by Crippen LogP contribution is -2.37. The SMILES string of the molecule is I.NC(=NCc1ccc(OCc2ccccn2)cc1)NCC1CCC1. The molecule has 0 unspecified atom stereocenters. The van der Waals surface area contributed by atoms with Gasteiger partial charge in [0.05, 0.1) is 12.2 Å². The molecule has 0 bridgehead atoms. The Bertz CT molecular complexity index is 657. The Balaban J connectivity index is 0.00000225. The lowest BCUT2D eigenvalue weighted by molar-refractivity contribution is 0.301. The molecule has 1 aliphatic rings. The van der Waals surface area contributed by atoms with Crippen LogP contribution in [0.3, 0.4) is 0 Å². The molecule has 6 heteroatoms. The molecule has 1 aromatic carbocycles. The van der Waals surface area contributed by atoms with E-state index in [1.165, 1.54) is 19.3 Å². The van der Waals surface area contributed by atoms with Crippen molar-refractivity contribution < 1.29 is 4.74 Å². The fourth-order valence-electron chi connectivity index (χ4n) is 2.51. The Morgan fingerprint density at radius 2 is 2.00 bits per heavy atom. The van der Waals surface area contributed by atoms with E-state index in [9.17, 15) is 0 Å². The van der Waals surface area contributed by atoms with Gasteiger partial charge < -0.3 is 15.8 Å². The molecule has 1 aliphatic carbocycles. The summed E-state index contributed by atoms with van der Waals surface area (Å²) in [5.74, 6) is 2.12. The van der Waals surface area contributed by atoms with Crippen LogP contribution in [0.2, 0.25) is 0 Å². The smallest absolute Gasteiger partial charge is 0.188 e. The molecule has 1 fully saturated rings. The summed E-state index contributed by atoms with van der Waals surface area (Å²) in [5, 5.41) is 3.20. The normalized spacial score (nSPS) is 14.3. The van der Waals surface area contributed by atoms with Crippen LogP contribution in [0.15, 0.2) is 53.7 Å². The number of nitrogens with one attached hydrogen (secondary N) is 1. The third kappa shape index (κ3) is 6.53. The van der Waals surface area contributed by atoms with Crippen LogP contribution < -0.4 is 15.8 Å². The van der Waals surface area contributed by atoms with Gasteiger partial charge in [0.2, 0.25) is 0 Å². The standard InChI is InChI=1S/C19H24N4O.HI/c20-19(22-12-15-4-3-5-15)23-13-16-7-9-18(10-8-16)24-14-17-6-1-2-11-21-17;/h1-2,6-11,15H,3-5,12-14H2,(H3,20,22,23);1H. The fraction of sp³-hybridized carbons (Fsp3) is 0.368. The summed E-state index contributed by atoms with van der Waals surface area (Å²) in [5.41, 5.74) is 7.92. The molecular formula is C19H25IN4O. The van der Waals surface area contributed by atoms with Crippen LogP contribution in [0.1, 0.15) is 30.5 Å². The second-order valence-electron chi connectivity index (χ2n) is 6.13. The zero-order chi connectivity index (χ0) is 16.6. The highest BCUT2D eigenvalue weighted by Gasteiger charge is 2.16. The van der Waals surface area contributed by atoms with Gasteiger partial charge in [-0.3, -0.25) is 4.98 Å². The molecule has 0 amide bonds. The monoisotopic (exact) mass is 452 g/mol. The fourth-order valence-corrected chi connectivity index (χ4v) is 2.51. The van der Waals surface area contributed by atoms with Gasteiger partial charge in [-0.2, -0.15) is 0 Å². The van der Waals surface area contributed by atoms with Crippen LogP contribution in [0, 0.1) is 5.92 Å². The van der Waals surface area contributed by atoms with Crippen LogP contribution in [0.25, 0.3) is 0 Å². The first-order chi connectivity index (χ1) is 11.8. The molecule has 0 radical (unpaired) electrons. The summed E-state index contributed by atoms with van der Waals surface area (Å²) in [6, 6.07) is 13.7. The molecule has 2 aromatic rings. The van der Waals surface area contributed by atoms with Crippen molar-refractivity contribution in [2.75, 3.05) is 6.54 Å². The van der Waals surface area contributed by atoms with Crippen LogP contribution in [-0.2, 0) is 13.2 Å². The predicted octanol–water partition coefficient (Wildman–Crippen LogP) is 3.48. The maximum absolute atomic E-state index is 5.90. The Hall–Kier alpha value is -1.83. The highest BCUT2D eigenvalue weighted by molar-refractivity contribution is 14.0. The van der Waals surface area contributed by atoms with Crippen molar-refractivity contribution in [1.29, 1.82) is 0 Å². The first-order valence-electron chi connectivity index (χ1n) is 8.45. The number of aromatic nitrogens is 1. The first kappa shape index (κ1) is 19.5. The van der Waals surface area contributed by atoms with Crippen LogP contribution >= 0.6 is 24.0 Å². The number of hydrogen-bond acceptors (Lipinski definition) is 3. The van der Waals surface area contributed by atoms with Gasteiger partial charge in [-0.05, 0) is 48.6 Å². The molecule has 1 aromatic heterocycles. The molecule has 0 atom stereocenters. The molecule has 134 valence electrons. The minimum Gasteiger partial charge on any atom is -0.487 e. The molecule has 1 heterocycles. The summed E-state index contributed by atoms with van der Waals surface area (Å²) >= 11 is 0. The molecule has 25 heavy (non-hydrogen) atoms. The van der Waals surface area contributed by atoms with Crippen molar-refractivity contribution >= 4 is 29.9 Å². The Kier molecular flexibility index (Phi) is 7.97. The van der Waals surface area contributed by atoms with E-state index >= 15 is 0 Å². The highest BCUT2D eigenvalue weighted by Crippen LogP contribution is 2.25. The van der Waals surface area contributed by atoms with E-state index in [0.29, 0.717) is 19.1 Å². The molecule has 0 aliphatic heterocycles. The maximum atomic E-state index is 5.90. The van der Waals surface area contributed by atoms with E-state index in [4.69, 9.17) is 10.5 Å². The Morgan fingerprint density at radius 3 is 2.64 bits per heavy atom. The number of ether oxygens (including phenoxy) is 1. The molecule has 3 rings (SSSR count). The number of pyridine rings is 1. The number of benzene rings is 1. The van der Waals surface area contributed by atoms with Crippen molar-refractivity contribution in [3.8, 4) is 5.75 Å². The van der Waals surface area contributed by atoms with E-state index in [1.54, 1.807) is 6.20 Å². The number of nitrogens with two attached hydrogens (primary N) is 1. The average molecular weight is 452 g/mol. The number of rotatable bonds is 7. The third-order valence-corrected chi connectivity index (χ3v) is 4.26. The van der Waals surface area contributed by atoms with Gasteiger partial charge in [0.15, 0.2) is 5.96 Å². The highest BCUT2D eigenvalue weighted by atomic mass is 127. The molecule has 1 saturated carbocycles. The summed E-state index contributed by atoms with van der Waals surface area (Å²) in [6.45, 7) is 1.98. The van der Waals surface area contributed by atoms with Crippen molar-refractivity contribution in [2.45, 2.75) is 32.4 Å². The average Bonchev–Trinajstić information content (AvgIpc) is 2.58. The molecule has 5 nitrogen and oxygen atoms in total. The van der Waals surface area contributed by atoms with Gasteiger partial charge >= 0.3 is 0 Å². The quantitative estimate of drug-likeness (QED) is 0.384. The van der Waals surface area contributed by atoms with Gasteiger partial charge in [0.25, 0.3) is 0 Å². The van der Waals surface area contributed by atoms with Crippen molar-refractivity contribution in [1.82, 2.24) is 10.3 Å². The van der Waals surface area contributed by atoms with Gasteiger partial charge in [-0.15, -0.1) is 24.0 Å². The first-order valence-corrected chi connectivity index (χ1v) is 8.45. The second-order valence-corrected chi connectivity index (χ2v) is 6.13. The zero-order valence-corrected chi connectivity index (χ0v) is 16.6. The van der Waals surface area contributed by atoms with E-state index in [-0.39, 0.29) is 24.0 Å². The van der Waals surface area contributed by atoms with Crippen molar-refractivity contribution in [3.63, 3.8) is 0 Å². The minimum atomic E-state index is 0. The number of guanidine groups is 1. The van der Waals surface area contributed by atoms with Gasteiger partial charge in [-0.1, -0.05) is 24.6 Å². The largest absolute Gasteiger partial charge is 0.487 e. The predicted molar refractivity (Wildman–Crippen MR) is 111 cm³/mol. The van der Waals surface area contributed by atoms with E-state index < -0.39 is 0 Å². The maximum Gasteiger partial charge on any atom is 0.188 e. The van der Waals surface area contributed by atoms with E-state index in [2.05, 4.69) is 15.3 Å². The van der Waals surface area contributed by atoms with Gasteiger partial charge in [0.1, 0.15) is 12.4 Å². The molecule has 0 saturated heterocycles. The van der Waals surface area contributed by atoms with Gasteiger partial charge in [-0.25, -0.2) is 4.99 Å². The molecular weight excluding hydrogens is 427 g/mol.